The Labute approximate surface area is 207 Å². The van der Waals surface area contributed by atoms with Crippen molar-refractivity contribution in [2.45, 2.75) is 50.3 Å². The molecular weight excluding hydrogens is 460 g/mol. The van der Waals surface area contributed by atoms with Crippen LogP contribution in [0.15, 0.2) is 36.9 Å². The second kappa shape index (κ2) is 8.52. The minimum atomic E-state index is -0.303. The van der Waals surface area contributed by atoms with Crippen LogP contribution in [0.3, 0.4) is 0 Å². The van der Waals surface area contributed by atoms with Gasteiger partial charge in [-0.15, -0.1) is 0 Å². The number of rotatable bonds is 5. The van der Waals surface area contributed by atoms with Gasteiger partial charge in [-0.1, -0.05) is 0 Å². The van der Waals surface area contributed by atoms with Gasteiger partial charge in [0, 0.05) is 30.9 Å². The van der Waals surface area contributed by atoms with Crippen LogP contribution < -0.4 is 10.2 Å². The molecule has 36 heavy (non-hydrogen) atoms. The topological polar surface area (TPSA) is 123 Å². The number of nitrogens with zero attached hydrogens (tertiary/aromatic N) is 7. The van der Waals surface area contributed by atoms with E-state index in [1.807, 2.05) is 29.2 Å². The molecule has 0 unspecified atom stereocenters. The largest absolute Gasteiger partial charge is 0.396 e. The summed E-state index contributed by atoms with van der Waals surface area (Å²) >= 11 is 0. The van der Waals surface area contributed by atoms with Gasteiger partial charge in [-0.3, -0.25) is 9.48 Å². The van der Waals surface area contributed by atoms with Crippen molar-refractivity contribution in [1.29, 1.82) is 0 Å². The molecule has 0 radical (unpaired) electrons. The summed E-state index contributed by atoms with van der Waals surface area (Å²) in [5.41, 5.74) is 1.71. The summed E-state index contributed by atoms with van der Waals surface area (Å²) in [6.07, 6.45) is 12.4. The van der Waals surface area contributed by atoms with E-state index in [0.29, 0.717) is 35.0 Å². The Bertz CT molecular complexity index is 1440. The number of aliphatic hydroxyl groups is 1. The molecule has 3 aliphatic rings. The number of pyridine rings is 1. The zero-order valence-electron chi connectivity index (χ0n) is 19.8. The Kier molecular flexibility index (Phi) is 5.14. The minimum absolute atomic E-state index is 0.262. The van der Waals surface area contributed by atoms with E-state index in [1.54, 1.807) is 16.9 Å². The van der Waals surface area contributed by atoms with E-state index >= 15 is 0 Å². The second-order valence-electron chi connectivity index (χ2n) is 10.2. The maximum Gasteiger partial charge on any atom is 0.262 e. The Balaban J connectivity index is 1.10. The van der Waals surface area contributed by atoms with E-state index in [1.165, 1.54) is 0 Å². The molecule has 0 aromatic carbocycles. The summed E-state index contributed by atoms with van der Waals surface area (Å²) in [7, 11) is 0. The van der Waals surface area contributed by atoms with Crippen LogP contribution in [0.4, 0.5) is 11.6 Å². The van der Waals surface area contributed by atoms with Crippen molar-refractivity contribution in [2.75, 3.05) is 30.0 Å². The van der Waals surface area contributed by atoms with Crippen LogP contribution in [0.5, 0.6) is 0 Å². The summed E-state index contributed by atoms with van der Waals surface area (Å²) in [5.74, 6) is 1.40. The normalized spacial score (nSPS) is 25.8. The fourth-order valence-electron chi connectivity index (χ4n) is 5.84. The van der Waals surface area contributed by atoms with E-state index in [-0.39, 0.29) is 18.6 Å². The van der Waals surface area contributed by atoms with Crippen LogP contribution in [0, 0.1) is 5.92 Å². The third kappa shape index (κ3) is 3.70. The van der Waals surface area contributed by atoms with Gasteiger partial charge in [0.15, 0.2) is 5.65 Å². The molecule has 11 heteroatoms. The van der Waals surface area contributed by atoms with Crippen molar-refractivity contribution in [3.8, 4) is 0 Å². The Hall–Kier alpha value is -3.57. The number of fused-ring (bicyclic) bond motifs is 4. The minimum Gasteiger partial charge on any atom is -0.396 e. The van der Waals surface area contributed by atoms with Gasteiger partial charge in [0.25, 0.3) is 5.91 Å². The van der Waals surface area contributed by atoms with Gasteiger partial charge in [-0.05, 0) is 50.2 Å². The first-order valence-electron chi connectivity index (χ1n) is 12.6. The molecule has 4 aromatic heterocycles. The van der Waals surface area contributed by atoms with Gasteiger partial charge < -0.3 is 20.1 Å². The van der Waals surface area contributed by atoms with Gasteiger partial charge in [-0.2, -0.15) is 10.2 Å². The molecule has 3 fully saturated rings. The van der Waals surface area contributed by atoms with Crippen molar-refractivity contribution in [3.63, 3.8) is 0 Å². The number of aliphatic hydroxyl groups excluding tert-OH is 1. The third-order valence-corrected chi connectivity index (χ3v) is 7.89. The highest BCUT2D eigenvalue weighted by Gasteiger charge is 2.39. The summed E-state index contributed by atoms with van der Waals surface area (Å²) in [6, 6.07) is 4.45. The quantitative estimate of drug-likeness (QED) is 0.439. The van der Waals surface area contributed by atoms with Crippen molar-refractivity contribution in [1.82, 2.24) is 29.4 Å². The zero-order valence-corrected chi connectivity index (χ0v) is 19.8. The molecule has 1 amide bonds. The Morgan fingerprint density at radius 3 is 2.86 bits per heavy atom. The number of hydrogen-bond donors (Lipinski definition) is 2. The lowest BCUT2D eigenvalue weighted by Crippen LogP contribution is -2.37. The molecule has 1 aliphatic carbocycles. The van der Waals surface area contributed by atoms with Gasteiger partial charge in [-0.25, -0.2) is 14.5 Å². The molecule has 7 rings (SSSR count). The highest BCUT2D eigenvalue weighted by molar-refractivity contribution is 6.08. The van der Waals surface area contributed by atoms with Crippen molar-refractivity contribution >= 4 is 34.1 Å². The number of carbonyl (C=O) groups excluding carboxylic acids is 1. The average molecular weight is 489 g/mol. The van der Waals surface area contributed by atoms with Crippen LogP contribution in [0.1, 0.15) is 48.5 Å². The highest BCUT2D eigenvalue weighted by atomic mass is 16.5. The third-order valence-electron chi connectivity index (χ3n) is 7.89. The van der Waals surface area contributed by atoms with Gasteiger partial charge in [0.05, 0.1) is 37.2 Å². The summed E-state index contributed by atoms with van der Waals surface area (Å²) in [4.78, 5) is 24.6. The number of nitrogens with one attached hydrogen (secondary N) is 1. The molecule has 6 heterocycles. The van der Waals surface area contributed by atoms with E-state index < -0.39 is 0 Å². The summed E-state index contributed by atoms with van der Waals surface area (Å²) in [6.45, 7) is 1.81. The fourth-order valence-corrected chi connectivity index (χ4v) is 5.84. The van der Waals surface area contributed by atoms with Crippen LogP contribution >= 0.6 is 0 Å². The van der Waals surface area contributed by atoms with Crippen molar-refractivity contribution in [3.05, 3.63) is 42.5 Å². The van der Waals surface area contributed by atoms with Gasteiger partial charge >= 0.3 is 0 Å². The predicted molar refractivity (Wildman–Crippen MR) is 132 cm³/mol. The average Bonchev–Trinajstić information content (AvgIpc) is 3.71. The highest BCUT2D eigenvalue weighted by Crippen LogP contribution is 2.33. The van der Waals surface area contributed by atoms with Crippen molar-refractivity contribution < 1.29 is 14.6 Å². The van der Waals surface area contributed by atoms with Crippen LogP contribution in [0.25, 0.3) is 16.6 Å². The first-order valence-corrected chi connectivity index (χ1v) is 12.6. The standard InChI is InChI=1S/C25H28N8O3/c34-13-15-1-3-17(4-2-15)33-11-16-7-22(26-10-21(16)30-33)28-25(35)20-9-27-32-6-5-23(29-24(20)32)31-12-19-8-18(31)14-36-19/h5-7,9-11,15,17-19,34H,1-4,8,12-14H2,(H,28,35)/t15-,17-,18-,19-/m1/s1. The maximum atomic E-state index is 13.2. The number of ether oxygens (including phenoxy) is 1. The SMILES string of the molecule is O=C(Nc1cc2cn([C@H]3CC[C@H](CO)CC3)nc2cn1)c1cnn2ccc(N3C[C@H]4C[C@@H]3CO4)nc12. The first kappa shape index (κ1) is 21.7. The van der Waals surface area contributed by atoms with E-state index in [0.717, 1.165) is 62.0 Å². The van der Waals surface area contributed by atoms with Gasteiger partial charge in [0.2, 0.25) is 0 Å². The molecule has 2 saturated heterocycles. The smallest absolute Gasteiger partial charge is 0.262 e. The fraction of sp³-hybridized carbons (Fsp3) is 0.480. The lowest BCUT2D eigenvalue weighted by atomic mass is 9.87. The predicted octanol–water partition coefficient (Wildman–Crippen LogP) is 2.43. The molecule has 186 valence electrons. The number of amides is 1. The molecular formula is C25H28N8O3. The van der Waals surface area contributed by atoms with E-state index in [2.05, 4.69) is 20.3 Å². The van der Waals surface area contributed by atoms with Crippen LogP contribution in [-0.4, -0.2) is 72.3 Å². The molecule has 0 spiro atoms. The first-order chi connectivity index (χ1) is 17.6. The number of anilines is 2. The molecule has 2 N–H and O–H groups in total. The lowest BCUT2D eigenvalue weighted by Gasteiger charge is -2.27. The maximum absolute atomic E-state index is 13.2. The van der Waals surface area contributed by atoms with Crippen LogP contribution in [0.2, 0.25) is 0 Å². The molecule has 4 aromatic rings. The summed E-state index contributed by atoms with van der Waals surface area (Å²) in [5, 5.41) is 22.2. The molecule has 11 nitrogen and oxygen atoms in total. The molecule has 2 atom stereocenters. The second-order valence-corrected chi connectivity index (χ2v) is 10.2. The van der Waals surface area contributed by atoms with E-state index in [9.17, 15) is 9.90 Å². The van der Waals surface area contributed by atoms with E-state index in [4.69, 9.17) is 14.8 Å². The molecule has 2 aliphatic heterocycles. The molecule has 2 bridgehead atoms. The number of hydrogen-bond acceptors (Lipinski definition) is 8. The Morgan fingerprint density at radius 2 is 2.08 bits per heavy atom. The summed E-state index contributed by atoms with van der Waals surface area (Å²) < 4.78 is 9.34. The van der Waals surface area contributed by atoms with Crippen LogP contribution in [-0.2, 0) is 4.74 Å². The molecule has 1 saturated carbocycles. The Morgan fingerprint density at radius 1 is 1.19 bits per heavy atom. The number of morpholine rings is 1. The number of carbonyl (C=O) groups is 1. The zero-order chi connectivity index (χ0) is 24.2. The lowest BCUT2D eigenvalue weighted by molar-refractivity contribution is 0.0988. The monoisotopic (exact) mass is 488 g/mol. The number of aromatic nitrogens is 6. The van der Waals surface area contributed by atoms with Crippen molar-refractivity contribution in [2.24, 2.45) is 5.92 Å². The van der Waals surface area contributed by atoms with Gasteiger partial charge in [0.1, 0.15) is 22.7 Å².